The van der Waals surface area contributed by atoms with Gasteiger partial charge < -0.3 is 5.73 Å². The van der Waals surface area contributed by atoms with Crippen molar-refractivity contribution in [2.75, 3.05) is 0 Å². The summed E-state index contributed by atoms with van der Waals surface area (Å²) in [5.41, 5.74) is 9.41. The molecule has 0 aromatic heterocycles. The smallest absolute Gasteiger partial charge is 0.137 e. The first kappa shape index (κ1) is 14.0. The fraction of sp³-hybridized carbons (Fsp3) is 0.143. The zero-order chi connectivity index (χ0) is 13.3. The molecule has 2 N–H and O–H groups in total. The number of halogens is 3. The minimum absolute atomic E-state index is 0.242. The van der Waals surface area contributed by atoms with Gasteiger partial charge in [-0.15, -0.1) is 0 Å². The Balaban J connectivity index is 2.44. The minimum Gasteiger partial charge on any atom is -0.320 e. The fourth-order valence-electron chi connectivity index (χ4n) is 1.80. The van der Waals surface area contributed by atoms with Crippen molar-refractivity contribution in [2.24, 2.45) is 5.73 Å². The van der Waals surface area contributed by atoms with Crippen LogP contribution in [0.25, 0.3) is 0 Å². The molecule has 0 heterocycles. The van der Waals surface area contributed by atoms with E-state index in [0.29, 0.717) is 4.47 Å². The molecule has 0 fully saturated rings. The molecule has 0 aliphatic heterocycles. The van der Waals surface area contributed by atoms with Crippen LogP contribution in [0.15, 0.2) is 40.9 Å². The topological polar surface area (TPSA) is 26.0 Å². The molecular weight excluding hydrogens is 408 g/mol. The van der Waals surface area contributed by atoms with Gasteiger partial charge in [-0.2, -0.15) is 0 Å². The summed E-state index contributed by atoms with van der Waals surface area (Å²) in [6.07, 6.45) is 0. The number of nitrogens with two attached hydrogens (primary N) is 1. The Labute approximate surface area is 128 Å². The molecule has 0 saturated heterocycles. The number of hydrogen-bond donors (Lipinski definition) is 1. The third-order valence-corrected chi connectivity index (χ3v) is 4.94. The molecule has 2 aromatic rings. The zero-order valence-electron chi connectivity index (χ0n) is 9.75. The Hall–Kier alpha value is -0.460. The Morgan fingerprint density at radius 3 is 2.67 bits per heavy atom. The summed E-state index contributed by atoms with van der Waals surface area (Å²) < 4.78 is 14.8. The summed E-state index contributed by atoms with van der Waals surface area (Å²) in [7, 11) is 0. The van der Waals surface area contributed by atoms with Gasteiger partial charge in [0.25, 0.3) is 0 Å². The van der Waals surface area contributed by atoms with Gasteiger partial charge in [0.2, 0.25) is 0 Å². The second-order valence-electron chi connectivity index (χ2n) is 4.13. The van der Waals surface area contributed by atoms with Crippen molar-refractivity contribution in [3.05, 3.63) is 66.9 Å². The van der Waals surface area contributed by atoms with Gasteiger partial charge in [-0.25, -0.2) is 4.39 Å². The maximum atomic E-state index is 13.2. The highest BCUT2D eigenvalue weighted by atomic mass is 127. The van der Waals surface area contributed by atoms with E-state index in [9.17, 15) is 4.39 Å². The van der Waals surface area contributed by atoms with Gasteiger partial charge in [0.05, 0.1) is 10.5 Å². The van der Waals surface area contributed by atoms with E-state index in [-0.39, 0.29) is 11.9 Å². The average Bonchev–Trinajstić information content (AvgIpc) is 2.35. The van der Waals surface area contributed by atoms with Crippen LogP contribution in [-0.4, -0.2) is 0 Å². The number of hydrogen-bond acceptors (Lipinski definition) is 1. The Bertz CT molecular complexity index is 586. The van der Waals surface area contributed by atoms with Gasteiger partial charge in [-0.1, -0.05) is 24.3 Å². The van der Waals surface area contributed by atoms with Gasteiger partial charge in [-0.05, 0) is 74.3 Å². The van der Waals surface area contributed by atoms with Gasteiger partial charge >= 0.3 is 0 Å². The van der Waals surface area contributed by atoms with Crippen molar-refractivity contribution >= 4 is 38.5 Å². The zero-order valence-corrected chi connectivity index (χ0v) is 13.5. The third-order valence-electron chi connectivity index (χ3n) is 2.86. The van der Waals surface area contributed by atoms with Crippen LogP contribution in [0.5, 0.6) is 0 Å². The van der Waals surface area contributed by atoms with Crippen molar-refractivity contribution in [2.45, 2.75) is 13.0 Å². The lowest BCUT2D eigenvalue weighted by molar-refractivity contribution is 0.619. The predicted octanol–water partition coefficient (Wildman–Crippen LogP) is 4.55. The molecule has 1 atom stereocenters. The lowest BCUT2D eigenvalue weighted by Crippen LogP contribution is -2.14. The summed E-state index contributed by atoms with van der Waals surface area (Å²) in [6, 6.07) is 10.7. The van der Waals surface area contributed by atoms with Crippen molar-refractivity contribution in [3.8, 4) is 0 Å². The number of aryl methyl sites for hydroxylation is 1. The van der Waals surface area contributed by atoms with E-state index >= 15 is 0 Å². The number of rotatable bonds is 2. The lowest BCUT2D eigenvalue weighted by Gasteiger charge is -2.16. The summed E-state index contributed by atoms with van der Waals surface area (Å²) >= 11 is 5.48. The Morgan fingerprint density at radius 2 is 2.00 bits per heavy atom. The van der Waals surface area contributed by atoms with Crippen molar-refractivity contribution < 1.29 is 4.39 Å². The van der Waals surface area contributed by atoms with Crippen LogP contribution in [0.1, 0.15) is 22.7 Å². The maximum absolute atomic E-state index is 13.2. The SMILES string of the molecule is Cc1cccc(C(N)c2ccc(F)c(Br)c2)c1I. The van der Waals surface area contributed by atoms with Crippen molar-refractivity contribution in [1.29, 1.82) is 0 Å². The van der Waals surface area contributed by atoms with Gasteiger partial charge in [0.15, 0.2) is 0 Å². The van der Waals surface area contributed by atoms with E-state index in [1.54, 1.807) is 12.1 Å². The fourth-order valence-corrected chi connectivity index (χ4v) is 2.89. The van der Waals surface area contributed by atoms with Crippen LogP contribution in [0.2, 0.25) is 0 Å². The summed E-state index contributed by atoms with van der Waals surface area (Å²) in [5.74, 6) is -0.273. The molecule has 0 aliphatic carbocycles. The maximum Gasteiger partial charge on any atom is 0.137 e. The molecule has 2 rings (SSSR count). The van der Waals surface area contributed by atoms with Crippen molar-refractivity contribution in [3.63, 3.8) is 0 Å². The molecular formula is C14H12BrFIN. The third kappa shape index (κ3) is 2.75. The molecule has 0 aliphatic rings. The summed E-state index contributed by atoms with van der Waals surface area (Å²) in [4.78, 5) is 0. The Kier molecular flexibility index (Phi) is 4.40. The van der Waals surface area contributed by atoms with E-state index in [1.165, 1.54) is 11.6 Å². The number of benzene rings is 2. The standard InChI is InChI=1S/C14H12BrFIN/c1-8-3-2-4-10(13(8)17)14(18)9-5-6-12(16)11(15)7-9/h2-7,14H,18H2,1H3. The molecule has 0 spiro atoms. The van der Waals surface area contributed by atoms with Crippen LogP contribution in [0.4, 0.5) is 4.39 Å². The van der Waals surface area contributed by atoms with Gasteiger partial charge in [0, 0.05) is 3.57 Å². The lowest BCUT2D eigenvalue weighted by atomic mass is 9.98. The van der Waals surface area contributed by atoms with Crippen LogP contribution in [0.3, 0.4) is 0 Å². The first-order chi connectivity index (χ1) is 8.50. The predicted molar refractivity (Wildman–Crippen MR) is 84.0 cm³/mol. The molecule has 94 valence electrons. The highest BCUT2D eigenvalue weighted by Crippen LogP contribution is 2.28. The van der Waals surface area contributed by atoms with Gasteiger partial charge in [-0.3, -0.25) is 0 Å². The quantitative estimate of drug-likeness (QED) is 0.710. The van der Waals surface area contributed by atoms with Crippen molar-refractivity contribution in [1.82, 2.24) is 0 Å². The second kappa shape index (κ2) is 5.67. The van der Waals surface area contributed by atoms with E-state index in [1.807, 2.05) is 12.1 Å². The summed E-state index contributed by atoms with van der Waals surface area (Å²) in [5, 5.41) is 0. The first-order valence-corrected chi connectivity index (χ1v) is 7.33. The molecule has 2 aromatic carbocycles. The Morgan fingerprint density at radius 1 is 1.28 bits per heavy atom. The van der Waals surface area contributed by atoms with E-state index in [0.717, 1.165) is 14.7 Å². The van der Waals surface area contributed by atoms with Crippen LogP contribution < -0.4 is 5.73 Å². The highest BCUT2D eigenvalue weighted by Gasteiger charge is 2.14. The molecule has 0 radical (unpaired) electrons. The van der Waals surface area contributed by atoms with Crippen LogP contribution in [0, 0.1) is 16.3 Å². The molecule has 0 amide bonds. The van der Waals surface area contributed by atoms with E-state index in [2.05, 4.69) is 51.5 Å². The van der Waals surface area contributed by atoms with E-state index < -0.39 is 0 Å². The first-order valence-electron chi connectivity index (χ1n) is 5.46. The monoisotopic (exact) mass is 419 g/mol. The van der Waals surface area contributed by atoms with Crippen LogP contribution >= 0.6 is 38.5 Å². The average molecular weight is 420 g/mol. The summed E-state index contributed by atoms with van der Waals surface area (Å²) in [6.45, 7) is 2.05. The molecule has 1 nitrogen and oxygen atoms in total. The largest absolute Gasteiger partial charge is 0.320 e. The molecule has 0 saturated carbocycles. The molecule has 1 unspecified atom stereocenters. The molecule has 18 heavy (non-hydrogen) atoms. The normalized spacial score (nSPS) is 12.5. The van der Waals surface area contributed by atoms with Crippen LogP contribution in [-0.2, 0) is 0 Å². The van der Waals surface area contributed by atoms with Gasteiger partial charge in [0.1, 0.15) is 5.82 Å². The molecule has 4 heteroatoms. The minimum atomic E-state index is -0.273. The highest BCUT2D eigenvalue weighted by molar-refractivity contribution is 14.1. The van der Waals surface area contributed by atoms with E-state index in [4.69, 9.17) is 5.73 Å². The molecule has 0 bridgehead atoms. The second-order valence-corrected chi connectivity index (χ2v) is 6.06.